The third-order valence-electron chi connectivity index (χ3n) is 5.02. The molecule has 3 rings (SSSR count). The van der Waals surface area contributed by atoms with Crippen LogP contribution in [0.15, 0.2) is 18.3 Å². The molecule has 0 aromatic carbocycles. The first kappa shape index (κ1) is 16.2. The number of fused-ring (bicyclic) bond motifs is 1. The summed E-state index contributed by atoms with van der Waals surface area (Å²) in [5.74, 6) is 0.130. The topological polar surface area (TPSA) is 68.5 Å². The summed E-state index contributed by atoms with van der Waals surface area (Å²) in [6.45, 7) is 7.06. The second kappa shape index (κ2) is 5.44. The summed E-state index contributed by atoms with van der Waals surface area (Å²) >= 11 is 0. The van der Waals surface area contributed by atoms with Gasteiger partial charge in [0.1, 0.15) is 11.4 Å². The first-order chi connectivity index (χ1) is 10.8. The van der Waals surface area contributed by atoms with Crippen molar-refractivity contribution in [2.24, 2.45) is 17.6 Å². The fraction of sp³-hybridized carbons (Fsp3) is 0.647. The SMILES string of the molecule is CC(C)(C)OC(=O)N1CCC2C(C1)C2(CN)c1ncccc1F. The van der Waals surface area contributed by atoms with Crippen LogP contribution in [0.1, 0.15) is 32.9 Å². The molecule has 1 saturated heterocycles. The van der Waals surface area contributed by atoms with Gasteiger partial charge in [-0.15, -0.1) is 0 Å². The molecule has 126 valence electrons. The van der Waals surface area contributed by atoms with Gasteiger partial charge in [-0.25, -0.2) is 9.18 Å². The van der Waals surface area contributed by atoms with Crippen LogP contribution in [0.3, 0.4) is 0 Å². The molecule has 1 aromatic heterocycles. The molecule has 2 heterocycles. The molecule has 3 unspecified atom stereocenters. The van der Waals surface area contributed by atoms with E-state index in [-0.39, 0.29) is 23.7 Å². The average molecular weight is 321 g/mol. The van der Waals surface area contributed by atoms with E-state index in [1.54, 1.807) is 17.2 Å². The number of hydrogen-bond acceptors (Lipinski definition) is 4. The number of pyridine rings is 1. The number of amides is 1. The number of piperidine rings is 1. The predicted molar refractivity (Wildman–Crippen MR) is 84.3 cm³/mol. The van der Waals surface area contributed by atoms with Gasteiger partial charge < -0.3 is 15.4 Å². The van der Waals surface area contributed by atoms with Crippen molar-refractivity contribution in [3.8, 4) is 0 Å². The van der Waals surface area contributed by atoms with E-state index >= 15 is 0 Å². The molecule has 1 aromatic rings. The number of likely N-dealkylation sites (tertiary alicyclic amines) is 1. The van der Waals surface area contributed by atoms with Gasteiger partial charge in [0, 0.05) is 31.2 Å². The van der Waals surface area contributed by atoms with Gasteiger partial charge in [-0.05, 0) is 51.2 Å². The standard InChI is InChI=1S/C17H24FN3O2/c1-16(2,3)23-15(22)21-8-6-11-12(9-21)17(11,10-19)14-13(18)5-4-7-20-14/h4-5,7,11-12H,6,8-10,19H2,1-3H3. The quantitative estimate of drug-likeness (QED) is 0.907. The third kappa shape index (κ3) is 2.69. The molecule has 1 saturated carbocycles. The van der Waals surface area contributed by atoms with E-state index in [1.165, 1.54) is 6.07 Å². The Morgan fingerprint density at radius 1 is 1.52 bits per heavy atom. The number of carbonyl (C=O) groups excluding carboxylic acids is 1. The molecule has 6 heteroatoms. The van der Waals surface area contributed by atoms with Crippen molar-refractivity contribution >= 4 is 6.09 Å². The normalized spacial score (nSPS) is 29.9. The first-order valence-corrected chi connectivity index (χ1v) is 8.08. The van der Waals surface area contributed by atoms with Crippen LogP contribution in [0, 0.1) is 17.7 Å². The minimum Gasteiger partial charge on any atom is -0.444 e. The van der Waals surface area contributed by atoms with Crippen molar-refractivity contribution in [3.05, 3.63) is 29.8 Å². The summed E-state index contributed by atoms with van der Waals surface area (Å²) in [6, 6.07) is 3.01. The third-order valence-corrected chi connectivity index (χ3v) is 5.02. The number of halogens is 1. The monoisotopic (exact) mass is 321 g/mol. The van der Waals surface area contributed by atoms with E-state index < -0.39 is 11.0 Å². The summed E-state index contributed by atoms with van der Waals surface area (Å²) in [4.78, 5) is 18.2. The predicted octanol–water partition coefficient (Wildman–Crippen LogP) is 2.30. The molecular weight excluding hydrogens is 297 g/mol. The Hall–Kier alpha value is -1.69. The number of nitrogens with two attached hydrogens (primary N) is 1. The maximum absolute atomic E-state index is 14.2. The maximum atomic E-state index is 14.2. The Bertz CT molecular complexity index is 616. The Labute approximate surface area is 136 Å². The summed E-state index contributed by atoms with van der Waals surface area (Å²) < 4.78 is 19.6. The smallest absolute Gasteiger partial charge is 0.410 e. The zero-order valence-electron chi connectivity index (χ0n) is 13.9. The minimum absolute atomic E-state index is 0.151. The van der Waals surface area contributed by atoms with Crippen molar-refractivity contribution in [2.45, 2.75) is 38.2 Å². The second-order valence-corrected chi connectivity index (χ2v) is 7.51. The molecule has 1 aliphatic carbocycles. The van der Waals surface area contributed by atoms with Crippen LogP contribution in [-0.2, 0) is 10.2 Å². The van der Waals surface area contributed by atoms with Gasteiger partial charge in [-0.2, -0.15) is 0 Å². The van der Waals surface area contributed by atoms with Gasteiger partial charge >= 0.3 is 6.09 Å². The minimum atomic E-state index is -0.518. The molecule has 2 aliphatic rings. The summed E-state index contributed by atoms with van der Waals surface area (Å²) in [5.41, 5.74) is 5.50. The molecule has 0 bridgehead atoms. The van der Waals surface area contributed by atoms with E-state index in [0.29, 0.717) is 25.3 Å². The molecule has 2 N–H and O–H groups in total. The zero-order chi connectivity index (χ0) is 16.8. The highest BCUT2D eigenvalue weighted by Gasteiger charge is 2.67. The van der Waals surface area contributed by atoms with E-state index in [2.05, 4.69) is 4.98 Å². The van der Waals surface area contributed by atoms with Crippen LogP contribution in [0.4, 0.5) is 9.18 Å². The van der Waals surface area contributed by atoms with Crippen LogP contribution < -0.4 is 5.73 Å². The fourth-order valence-electron chi connectivity index (χ4n) is 3.95. The van der Waals surface area contributed by atoms with E-state index in [1.807, 2.05) is 20.8 Å². The molecule has 0 spiro atoms. The van der Waals surface area contributed by atoms with E-state index in [9.17, 15) is 9.18 Å². The van der Waals surface area contributed by atoms with Gasteiger partial charge in [0.15, 0.2) is 0 Å². The number of rotatable bonds is 2. The lowest BCUT2D eigenvalue weighted by Crippen LogP contribution is -2.41. The Morgan fingerprint density at radius 3 is 2.87 bits per heavy atom. The largest absolute Gasteiger partial charge is 0.444 e. The highest BCUT2D eigenvalue weighted by atomic mass is 19.1. The van der Waals surface area contributed by atoms with E-state index in [0.717, 1.165) is 6.42 Å². The lowest BCUT2D eigenvalue weighted by Gasteiger charge is -2.29. The summed E-state index contributed by atoms with van der Waals surface area (Å²) in [7, 11) is 0. The first-order valence-electron chi connectivity index (χ1n) is 8.08. The Balaban J connectivity index is 1.78. The van der Waals surface area contributed by atoms with Crippen molar-refractivity contribution in [1.82, 2.24) is 9.88 Å². The summed E-state index contributed by atoms with van der Waals surface area (Å²) in [5, 5.41) is 0. The molecule has 3 atom stereocenters. The molecule has 5 nitrogen and oxygen atoms in total. The van der Waals surface area contributed by atoms with Crippen LogP contribution in [0.5, 0.6) is 0 Å². The van der Waals surface area contributed by atoms with Gasteiger partial charge in [-0.3, -0.25) is 4.98 Å². The molecule has 1 aliphatic heterocycles. The molecule has 2 fully saturated rings. The number of aromatic nitrogens is 1. The number of carbonyl (C=O) groups is 1. The maximum Gasteiger partial charge on any atom is 0.410 e. The fourth-order valence-corrected chi connectivity index (χ4v) is 3.95. The van der Waals surface area contributed by atoms with Crippen molar-refractivity contribution in [2.75, 3.05) is 19.6 Å². The van der Waals surface area contributed by atoms with Crippen LogP contribution in [0.2, 0.25) is 0 Å². The van der Waals surface area contributed by atoms with Crippen LogP contribution in [0.25, 0.3) is 0 Å². The lowest BCUT2D eigenvalue weighted by molar-refractivity contribution is 0.0206. The number of hydrogen-bond donors (Lipinski definition) is 1. The number of ether oxygens (including phenoxy) is 1. The van der Waals surface area contributed by atoms with Crippen molar-refractivity contribution < 1.29 is 13.9 Å². The van der Waals surface area contributed by atoms with Crippen molar-refractivity contribution in [3.63, 3.8) is 0 Å². The van der Waals surface area contributed by atoms with Gasteiger partial charge in [0.2, 0.25) is 0 Å². The second-order valence-electron chi connectivity index (χ2n) is 7.51. The highest BCUT2D eigenvalue weighted by Crippen LogP contribution is 2.62. The van der Waals surface area contributed by atoms with E-state index in [4.69, 9.17) is 10.5 Å². The average Bonchev–Trinajstić information content (AvgIpc) is 3.14. The lowest BCUT2D eigenvalue weighted by atomic mass is 9.95. The molecule has 0 radical (unpaired) electrons. The molecule has 1 amide bonds. The highest BCUT2D eigenvalue weighted by molar-refractivity contribution is 5.68. The van der Waals surface area contributed by atoms with Gasteiger partial charge in [0.25, 0.3) is 0 Å². The molecular formula is C17H24FN3O2. The Kier molecular flexibility index (Phi) is 3.83. The zero-order valence-corrected chi connectivity index (χ0v) is 13.9. The van der Waals surface area contributed by atoms with Crippen LogP contribution >= 0.6 is 0 Å². The summed E-state index contributed by atoms with van der Waals surface area (Å²) in [6.07, 6.45) is 2.10. The molecule has 23 heavy (non-hydrogen) atoms. The number of nitrogens with zero attached hydrogens (tertiary/aromatic N) is 2. The Morgan fingerprint density at radius 2 is 2.26 bits per heavy atom. The van der Waals surface area contributed by atoms with Gasteiger partial charge in [0.05, 0.1) is 5.69 Å². The van der Waals surface area contributed by atoms with Crippen molar-refractivity contribution in [1.29, 1.82) is 0 Å². The van der Waals surface area contributed by atoms with Crippen LogP contribution in [-0.4, -0.2) is 41.2 Å². The van der Waals surface area contributed by atoms with Gasteiger partial charge in [-0.1, -0.05) is 0 Å².